The summed E-state index contributed by atoms with van der Waals surface area (Å²) < 4.78 is 4.34. The van der Waals surface area contributed by atoms with Crippen LogP contribution in [0.2, 0.25) is 0 Å². The second-order valence-electron chi connectivity index (χ2n) is 7.25. The molecule has 3 heterocycles. The second-order valence-corrected chi connectivity index (χ2v) is 8.16. The lowest BCUT2D eigenvalue weighted by atomic mass is 9.95. The molecule has 0 atom stereocenters. The Morgan fingerprint density at radius 2 is 2.11 bits per heavy atom. The van der Waals surface area contributed by atoms with E-state index in [1.165, 1.54) is 30.6 Å². The van der Waals surface area contributed by atoms with E-state index < -0.39 is 0 Å². The standard InChI is InChI=1S/C19H25N5O2S/c1-2-11-23-18(26)17-14(10-12-27-17)24-15(21-22-19(23)24)8-9-16(25)20-13-6-4-3-5-7-13/h10,12-13H,2-9,11H2,1H3,(H,20,25). The maximum atomic E-state index is 12.7. The van der Waals surface area contributed by atoms with Crippen molar-refractivity contribution in [3.63, 3.8) is 0 Å². The second kappa shape index (κ2) is 7.80. The number of aryl methyl sites for hydroxylation is 2. The number of fused-ring (bicyclic) bond motifs is 3. The van der Waals surface area contributed by atoms with Gasteiger partial charge in [-0.1, -0.05) is 26.2 Å². The van der Waals surface area contributed by atoms with Crippen LogP contribution in [0.3, 0.4) is 0 Å². The zero-order valence-corrected chi connectivity index (χ0v) is 16.4. The van der Waals surface area contributed by atoms with Crippen molar-refractivity contribution in [2.75, 3.05) is 0 Å². The molecule has 1 amide bonds. The average Bonchev–Trinajstić information content (AvgIpc) is 3.31. The number of amides is 1. The van der Waals surface area contributed by atoms with Gasteiger partial charge in [0.15, 0.2) is 0 Å². The Morgan fingerprint density at radius 3 is 2.89 bits per heavy atom. The van der Waals surface area contributed by atoms with Crippen molar-refractivity contribution in [3.05, 3.63) is 27.6 Å². The highest BCUT2D eigenvalue weighted by molar-refractivity contribution is 7.17. The maximum Gasteiger partial charge on any atom is 0.272 e. The lowest BCUT2D eigenvalue weighted by Gasteiger charge is -2.22. The Hall–Kier alpha value is -2.22. The number of hydrogen-bond acceptors (Lipinski definition) is 5. The molecule has 0 spiro atoms. The first-order chi connectivity index (χ1) is 13.2. The lowest BCUT2D eigenvalue weighted by Crippen LogP contribution is -2.36. The fraction of sp³-hybridized carbons (Fsp3) is 0.579. The van der Waals surface area contributed by atoms with Gasteiger partial charge in [0.1, 0.15) is 10.5 Å². The molecule has 1 aliphatic carbocycles. The Bertz CT molecular complexity index is 1010. The highest BCUT2D eigenvalue weighted by atomic mass is 32.1. The number of nitrogens with one attached hydrogen (secondary N) is 1. The summed E-state index contributed by atoms with van der Waals surface area (Å²) in [6, 6.07) is 2.25. The van der Waals surface area contributed by atoms with Gasteiger partial charge in [-0.15, -0.1) is 21.5 Å². The minimum absolute atomic E-state index is 0.0108. The molecule has 1 N–H and O–H groups in total. The van der Waals surface area contributed by atoms with Crippen molar-refractivity contribution in [1.82, 2.24) is 24.5 Å². The van der Waals surface area contributed by atoms with Gasteiger partial charge in [-0.3, -0.25) is 18.6 Å². The van der Waals surface area contributed by atoms with Crippen LogP contribution in [0, 0.1) is 0 Å². The molecule has 3 aromatic heterocycles. The van der Waals surface area contributed by atoms with Gasteiger partial charge in [0.25, 0.3) is 5.56 Å². The predicted octanol–water partition coefficient (Wildman–Crippen LogP) is 2.90. The molecule has 144 valence electrons. The number of carbonyl (C=O) groups is 1. The van der Waals surface area contributed by atoms with Crippen molar-refractivity contribution in [2.24, 2.45) is 0 Å². The Kier molecular flexibility index (Phi) is 5.24. The molecule has 27 heavy (non-hydrogen) atoms. The van der Waals surface area contributed by atoms with Gasteiger partial charge in [-0.25, -0.2) is 0 Å². The predicted molar refractivity (Wildman–Crippen MR) is 106 cm³/mol. The third-order valence-electron chi connectivity index (χ3n) is 5.27. The summed E-state index contributed by atoms with van der Waals surface area (Å²) in [5.41, 5.74) is 0.823. The molecular formula is C19H25N5O2S. The van der Waals surface area contributed by atoms with Crippen LogP contribution in [0.25, 0.3) is 16.0 Å². The number of carbonyl (C=O) groups excluding carboxylic acids is 1. The molecule has 0 saturated heterocycles. The van der Waals surface area contributed by atoms with E-state index in [1.54, 1.807) is 4.57 Å². The van der Waals surface area contributed by atoms with Gasteiger partial charge >= 0.3 is 0 Å². The molecule has 1 fully saturated rings. The van der Waals surface area contributed by atoms with Crippen LogP contribution in [0.1, 0.15) is 57.7 Å². The summed E-state index contributed by atoms with van der Waals surface area (Å²) >= 11 is 1.44. The molecule has 1 aliphatic rings. The van der Waals surface area contributed by atoms with Crippen molar-refractivity contribution >= 4 is 33.2 Å². The maximum absolute atomic E-state index is 12.7. The smallest absolute Gasteiger partial charge is 0.272 e. The quantitative estimate of drug-likeness (QED) is 0.705. The zero-order valence-electron chi connectivity index (χ0n) is 15.6. The molecule has 0 aliphatic heterocycles. The van der Waals surface area contributed by atoms with E-state index in [0.717, 1.165) is 30.6 Å². The van der Waals surface area contributed by atoms with Crippen LogP contribution in [0.4, 0.5) is 0 Å². The molecule has 0 aromatic carbocycles. The van der Waals surface area contributed by atoms with Crippen molar-refractivity contribution < 1.29 is 4.79 Å². The van der Waals surface area contributed by atoms with Gasteiger partial charge in [0.2, 0.25) is 11.7 Å². The highest BCUT2D eigenvalue weighted by Gasteiger charge is 2.19. The van der Waals surface area contributed by atoms with E-state index in [2.05, 4.69) is 15.5 Å². The minimum atomic E-state index is -0.0108. The summed E-state index contributed by atoms with van der Waals surface area (Å²) in [6.07, 6.45) is 7.57. The normalized spacial score (nSPS) is 15.6. The fourth-order valence-electron chi connectivity index (χ4n) is 3.94. The van der Waals surface area contributed by atoms with E-state index >= 15 is 0 Å². The molecular weight excluding hydrogens is 362 g/mol. The van der Waals surface area contributed by atoms with Crippen LogP contribution < -0.4 is 10.9 Å². The van der Waals surface area contributed by atoms with Crippen molar-refractivity contribution in [2.45, 2.75) is 70.9 Å². The zero-order chi connectivity index (χ0) is 18.8. The number of rotatable bonds is 6. The average molecular weight is 388 g/mol. The van der Waals surface area contributed by atoms with Gasteiger partial charge in [-0.2, -0.15) is 0 Å². The summed E-state index contributed by atoms with van der Waals surface area (Å²) in [5, 5.41) is 13.6. The van der Waals surface area contributed by atoms with E-state index in [4.69, 9.17) is 0 Å². The van der Waals surface area contributed by atoms with Gasteiger partial charge in [-0.05, 0) is 30.7 Å². The van der Waals surface area contributed by atoms with Gasteiger partial charge in [0, 0.05) is 25.4 Å². The van der Waals surface area contributed by atoms with Crippen LogP contribution in [-0.2, 0) is 17.8 Å². The first-order valence-corrected chi connectivity index (χ1v) is 10.7. The van der Waals surface area contributed by atoms with Gasteiger partial charge in [0.05, 0.1) is 5.52 Å². The van der Waals surface area contributed by atoms with Crippen LogP contribution >= 0.6 is 11.3 Å². The molecule has 4 rings (SSSR count). The fourth-order valence-corrected chi connectivity index (χ4v) is 4.76. The van der Waals surface area contributed by atoms with Crippen LogP contribution in [0.5, 0.6) is 0 Å². The summed E-state index contributed by atoms with van der Waals surface area (Å²) in [5.74, 6) is 1.37. The third kappa shape index (κ3) is 3.50. The van der Waals surface area contributed by atoms with E-state index in [9.17, 15) is 9.59 Å². The third-order valence-corrected chi connectivity index (χ3v) is 6.16. The summed E-state index contributed by atoms with van der Waals surface area (Å²) in [6.45, 7) is 2.64. The van der Waals surface area contributed by atoms with Crippen molar-refractivity contribution in [1.29, 1.82) is 0 Å². The van der Waals surface area contributed by atoms with E-state index in [1.807, 2.05) is 22.8 Å². The summed E-state index contributed by atoms with van der Waals surface area (Å²) in [7, 11) is 0. The number of aromatic nitrogens is 4. The Labute approximate surface area is 161 Å². The number of nitrogens with zero attached hydrogens (tertiary/aromatic N) is 4. The topological polar surface area (TPSA) is 81.3 Å². The monoisotopic (exact) mass is 387 g/mol. The molecule has 0 radical (unpaired) electrons. The Balaban J connectivity index is 1.59. The van der Waals surface area contributed by atoms with Gasteiger partial charge < -0.3 is 5.32 Å². The SMILES string of the molecule is CCCn1c(=O)c2sccc2n2c(CCC(=O)NC3CCCCC3)nnc12. The van der Waals surface area contributed by atoms with Crippen molar-refractivity contribution in [3.8, 4) is 0 Å². The first-order valence-electron chi connectivity index (χ1n) is 9.82. The number of hydrogen-bond donors (Lipinski definition) is 1. The lowest BCUT2D eigenvalue weighted by molar-refractivity contribution is -0.122. The molecule has 7 nitrogen and oxygen atoms in total. The first kappa shape index (κ1) is 18.2. The molecule has 0 unspecified atom stereocenters. The number of thiophene rings is 1. The molecule has 1 saturated carbocycles. The van der Waals surface area contributed by atoms with Crippen LogP contribution in [-0.4, -0.2) is 31.1 Å². The van der Waals surface area contributed by atoms with Crippen LogP contribution in [0.15, 0.2) is 16.2 Å². The molecule has 8 heteroatoms. The largest absolute Gasteiger partial charge is 0.353 e. The molecule has 3 aromatic rings. The molecule has 0 bridgehead atoms. The van der Waals surface area contributed by atoms with E-state index in [-0.39, 0.29) is 11.5 Å². The summed E-state index contributed by atoms with van der Waals surface area (Å²) in [4.78, 5) is 25.1. The Morgan fingerprint density at radius 1 is 1.30 bits per heavy atom. The minimum Gasteiger partial charge on any atom is -0.353 e. The van der Waals surface area contributed by atoms with E-state index in [0.29, 0.717) is 35.9 Å². The highest BCUT2D eigenvalue weighted by Crippen LogP contribution is 2.21.